The van der Waals surface area contributed by atoms with Gasteiger partial charge in [-0.3, -0.25) is 4.90 Å². The summed E-state index contributed by atoms with van der Waals surface area (Å²) in [6, 6.07) is 16.2. The lowest BCUT2D eigenvalue weighted by atomic mass is 9.98. The van der Waals surface area contributed by atoms with E-state index in [0.29, 0.717) is 0 Å². The van der Waals surface area contributed by atoms with Crippen molar-refractivity contribution < 1.29 is 19.4 Å². The van der Waals surface area contributed by atoms with E-state index in [-0.39, 0.29) is 19.1 Å². The van der Waals surface area contributed by atoms with Crippen LogP contribution in [0.25, 0.3) is 11.1 Å². The number of aliphatic carboxylic acids is 1. The van der Waals surface area contributed by atoms with E-state index in [1.807, 2.05) is 36.4 Å². The first-order valence-electron chi connectivity index (χ1n) is 8.56. The Labute approximate surface area is 151 Å². The summed E-state index contributed by atoms with van der Waals surface area (Å²) in [7, 11) is 0. The fourth-order valence-corrected chi connectivity index (χ4v) is 3.79. The van der Waals surface area contributed by atoms with E-state index in [9.17, 15) is 14.7 Å². The molecule has 5 heteroatoms. The number of hydrogen-bond acceptors (Lipinski definition) is 3. The zero-order valence-corrected chi connectivity index (χ0v) is 14.4. The summed E-state index contributed by atoms with van der Waals surface area (Å²) in [5.74, 6) is -1.11. The SMILES string of the molecule is CC1(C(=O)O)C=CCN1C(=O)OCC1c2ccccc2-c2ccccc21. The maximum absolute atomic E-state index is 12.5. The van der Waals surface area contributed by atoms with Gasteiger partial charge in [-0.2, -0.15) is 0 Å². The lowest BCUT2D eigenvalue weighted by Gasteiger charge is -2.30. The molecule has 1 heterocycles. The molecule has 0 spiro atoms. The van der Waals surface area contributed by atoms with Gasteiger partial charge in [0.25, 0.3) is 0 Å². The molecular weight excluding hydrogens is 330 g/mol. The van der Waals surface area contributed by atoms with Gasteiger partial charge in [-0.15, -0.1) is 0 Å². The van der Waals surface area contributed by atoms with Crippen LogP contribution in [0.15, 0.2) is 60.7 Å². The average Bonchev–Trinajstić information content (AvgIpc) is 3.19. The van der Waals surface area contributed by atoms with Crippen LogP contribution in [0.2, 0.25) is 0 Å². The van der Waals surface area contributed by atoms with Gasteiger partial charge < -0.3 is 9.84 Å². The van der Waals surface area contributed by atoms with Crippen LogP contribution < -0.4 is 0 Å². The highest BCUT2D eigenvalue weighted by molar-refractivity contribution is 5.87. The number of fused-ring (bicyclic) bond motifs is 3. The van der Waals surface area contributed by atoms with E-state index in [1.165, 1.54) is 17.9 Å². The van der Waals surface area contributed by atoms with Crippen molar-refractivity contribution >= 4 is 12.1 Å². The summed E-state index contributed by atoms with van der Waals surface area (Å²) in [5.41, 5.74) is 3.21. The van der Waals surface area contributed by atoms with Crippen molar-refractivity contribution in [3.8, 4) is 11.1 Å². The Morgan fingerprint density at radius 2 is 1.69 bits per heavy atom. The van der Waals surface area contributed by atoms with Crippen LogP contribution in [0, 0.1) is 0 Å². The predicted octanol–water partition coefficient (Wildman–Crippen LogP) is 3.65. The molecule has 0 fully saturated rings. The molecule has 0 saturated heterocycles. The first-order chi connectivity index (χ1) is 12.5. The molecule has 1 unspecified atom stereocenters. The largest absolute Gasteiger partial charge is 0.479 e. The Balaban J connectivity index is 1.55. The second kappa shape index (κ2) is 6.02. The van der Waals surface area contributed by atoms with Crippen LogP contribution in [0.1, 0.15) is 24.0 Å². The van der Waals surface area contributed by atoms with Gasteiger partial charge in [-0.1, -0.05) is 60.7 Å². The van der Waals surface area contributed by atoms with Crippen molar-refractivity contribution in [2.75, 3.05) is 13.2 Å². The third-order valence-corrected chi connectivity index (χ3v) is 5.28. The zero-order chi connectivity index (χ0) is 18.3. The van der Waals surface area contributed by atoms with Crippen molar-refractivity contribution in [2.45, 2.75) is 18.4 Å². The Bertz CT molecular complexity index is 874. The molecule has 26 heavy (non-hydrogen) atoms. The molecule has 5 nitrogen and oxygen atoms in total. The number of rotatable bonds is 3. The van der Waals surface area contributed by atoms with Crippen molar-refractivity contribution in [3.63, 3.8) is 0 Å². The molecule has 1 N–H and O–H groups in total. The lowest BCUT2D eigenvalue weighted by Crippen LogP contribution is -2.51. The Kier molecular flexibility index (Phi) is 3.80. The maximum Gasteiger partial charge on any atom is 0.411 e. The summed E-state index contributed by atoms with van der Waals surface area (Å²) in [6.07, 6.45) is 2.59. The van der Waals surface area contributed by atoms with Gasteiger partial charge in [0.2, 0.25) is 0 Å². The van der Waals surface area contributed by atoms with Gasteiger partial charge in [-0.25, -0.2) is 9.59 Å². The number of amides is 1. The molecule has 0 radical (unpaired) electrons. The second-order valence-corrected chi connectivity index (χ2v) is 6.77. The number of carbonyl (C=O) groups is 2. The molecule has 1 aliphatic carbocycles. The summed E-state index contributed by atoms with van der Waals surface area (Å²) in [6.45, 7) is 1.92. The number of carboxylic acid groups (broad SMARTS) is 1. The molecule has 0 bridgehead atoms. The number of hydrogen-bond donors (Lipinski definition) is 1. The van der Waals surface area contributed by atoms with Gasteiger partial charge in [0.05, 0.1) is 0 Å². The normalized spacial score (nSPS) is 20.7. The lowest BCUT2D eigenvalue weighted by molar-refractivity contribution is -0.145. The van der Waals surface area contributed by atoms with E-state index in [4.69, 9.17) is 4.74 Å². The molecule has 1 aliphatic heterocycles. The van der Waals surface area contributed by atoms with Gasteiger partial charge in [0, 0.05) is 12.5 Å². The smallest absolute Gasteiger partial charge is 0.411 e. The van der Waals surface area contributed by atoms with Crippen LogP contribution >= 0.6 is 0 Å². The fourth-order valence-electron chi connectivity index (χ4n) is 3.79. The van der Waals surface area contributed by atoms with Crippen LogP contribution in [-0.4, -0.2) is 40.8 Å². The van der Waals surface area contributed by atoms with Gasteiger partial charge in [0.1, 0.15) is 6.61 Å². The molecule has 1 amide bonds. The predicted molar refractivity (Wildman–Crippen MR) is 97.0 cm³/mol. The maximum atomic E-state index is 12.5. The van der Waals surface area contributed by atoms with Crippen molar-refractivity contribution in [2.24, 2.45) is 0 Å². The molecule has 2 aromatic carbocycles. The van der Waals surface area contributed by atoms with Crippen LogP contribution in [0.5, 0.6) is 0 Å². The van der Waals surface area contributed by atoms with E-state index >= 15 is 0 Å². The minimum atomic E-state index is -1.36. The molecule has 132 valence electrons. The van der Waals surface area contributed by atoms with Crippen LogP contribution in [0.4, 0.5) is 4.79 Å². The molecule has 0 aromatic heterocycles. The van der Waals surface area contributed by atoms with Crippen LogP contribution in [-0.2, 0) is 9.53 Å². The standard InChI is InChI=1S/C21H19NO4/c1-21(19(23)24)11-6-12-22(21)20(25)26-13-18-16-9-4-2-7-14(16)15-8-3-5-10-17(15)18/h2-11,18H,12-13H2,1H3,(H,23,24). The van der Waals surface area contributed by atoms with Crippen molar-refractivity contribution in [3.05, 3.63) is 71.8 Å². The summed E-state index contributed by atoms with van der Waals surface area (Å²) in [4.78, 5) is 25.3. The van der Waals surface area contributed by atoms with Crippen molar-refractivity contribution in [1.82, 2.24) is 4.90 Å². The third-order valence-electron chi connectivity index (χ3n) is 5.28. The van der Waals surface area contributed by atoms with Gasteiger partial charge in [0.15, 0.2) is 5.54 Å². The average molecular weight is 349 g/mol. The summed E-state index contributed by atoms with van der Waals surface area (Å²) < 4.78 is 5.55. The number of benzene rings is 2. The fraction of sp³-hybridized carbons (Fsp3) is 0.238. The minimum Gasteiger partial charge on any atom is -0.479 e. The summed E-state index contributed by atoms with van der Waals surface area (Å²) in [5, 5.41) is 9.43. The molecule has 2 aliphatic rings. The first kappa shape index (κ1) is 16.4. The highest BCUT2D eigenvalue weighted by atomic mass is 16.6. The van der Waals surface area contributed by atoms with Gasteiger partial charge in [-0.05, 0) is 29.2 Å². The van der Waals surface area contributed by atoms with Gasteiger partial charge >= 0.3 is 12.1 Å². The van der Waals surface area contributed by atoms with E-state index in [0.717, 1.165) is 22.3 Å². The highest BCUT2D eigenvalue weighted by Crippen LogP contribution is 2.44. The Hall–Kier alpha value is -3.08. The van der Waals surface area contributed by atoms with Crippen molar-refractivity contribution in [1.29, 1.82) is 0 Å². The topological polar surface area (TPSA) is 66.8 Å². The monoisotopic (exact) mass is 349 g/mol. The number of nitrogens with zero attached hydrogens (tertiary/aromatic N) is 1. The first-order valence-corrected chi connectivity index (χ1v) is 8.56. The summed E-state index contributed by atoms with van der Waals surface area (Å²) >= 11 is 0. The molecule has 4 rings (SSSR count). The molecule has 2 aromatic rings. The zero-order valence-electron chi connectivity index (χ0n) is 14.4. The van der Waals surface area contributed by atoms with E-state index < -0.39 is 17.6 Å². The minimum absolute atomic E-state index is 0.0435. The third kappa shape index (κ3) is 2.39. The second-order valence-electron chi connectivity index (χ2n) is 6.77. The quantitative estimate of drug-likeness (QED) is 0.859. The molecular formula is C21H19NO4. The Morgan fingerprint density at radius 1 is 1.12 bits per heavy atom. The molecule has 1 atom stereocenters. The van der Waals surface area contributed by atoms with E-state index in [2.05, 4.69) is 12.1 Å². The van der Waals surface area contributed by atoms with Crippen LogP contribution in [0.3, 0.4) is 0 Å². The molecule has 0 saturated carbocycles. The number of ether oxygens (including phenoxy) is 1. The Morgan fingerprint density at radius 3 is 2.27 bits per heavy atom. The van der Waals surface area contributed by atoms with E-state index in [1.54, 1.807) is 6.08 Å². The number of carboxylic acids is 1. The highest BCUT2D eigenvalue weighted by Gasteiger charge is 2.44. The number of carbonyl (C=O) groups excluding carboxylic acids is 1.